The van der Waals surface area contributed by atoms with Crippen molar-refractivity contribution in [2.45, 2.75) is 97.3 Å². The zero-order valence-electron chi connectivity index (χ0n) is 17.3. The van der Waals surface area contributed by atoms with Crippen molar-refractivity contribution in [2.75, 3.05) is 0 Å². The Morgan fingerprint density at radius 1 is 1.19 bits per heavy atom. The van der Waals surface area contributed by atoms with Crippen molar-refractivity contribution in [1.82, 2.24) is 0 Å². The van der Waals surface area contributed by atoms with Crippen LogP contribution in [-0.2, 0) is 4.79 Å². The summed E-state index contributed by atoms with van der Waals surface area (Å²) in [5, 5.41) is 22.1. The molecule has 4 rings (SSSR count). The monoisotopic (exact) mass is 365 g/mol. The van der Waals surface area contributed by atoms with E-state index in [1.165, 1.54) is 0 Å². The average Bonchev–Trinajstić information content (AvgIpc) is 3.35. The molecule has 4 fully saturated rings. The molecule has 4 saturated carbocycles. The predicted octanol–water partition coefficient (Wildman–Crippen LogP) is 3.28. The van der Waals surface area contributed by atoms with Gasteiger partial charge in [0.1, 0.15) is 5.78 Å². The lowest BCUT2D eigenvalue weighted by atomic mass is 9.49. The smallest absolute Gasteiger partial charge is 0.135 e. The third kappa shape index (κ3) is 2.55. The summed E-state index contributed by atoms with van der Waals surface area (Å²) >= 11 is 0. The van der Waals surface area contributed by atoms with Crippen LogP contribution in [0.2, 0.25) is 0 Å². The van der Waals surface area contributed by atoms with E-state index in [0.29, 0.717) is 30.6 Å². The summed E-state index contributed by atoms with van der Waals surface area (Å²) in [6.45, 7) is 10.4. The van der Waals surface area contributed by atoms with Crippen LogP contribution in [0.3, 0.4) is 0 Å². The van der Waals surface area contributed by atoms with Crippen molar-refractivity contribution in [1.29, 1.82) is 0 Å². The highest BCUT2D eigenvalue weighted by molar-refractivity contribution is 5.80. The second kappa shape index (κ2) is 6.56. The van der Waals surface area contributed by atoms with Gasteiger partial charge in [0.05, 0.1) is 11.7 Å². The Morgan fingerprint density at radius 3 is 2.46 bits per heavy atom. The number of ketones is 1. The van der Waals surface area contributed by atoms with Gasteiger partial charge in [0.25, 0.3) is 0 Å². The van der Waals surface area contributed by atoms with Crippen LogP contribution in [0.4, 0.5) is 0 Å². The van der Waals surface area contributed by atoms with Gasteiger partial charge in [0.15, 0.2) is 0 Å². The molecule has 0 aromatic rings. The van der Waals surface area contributed by atoms with E-state index in [1.807, 2.05) is 20.8 Å². The number of carbonyl (C=O) groups excluding carboxylic acids is 1. The fourth-order valence-electron chi connectivity index (χ4n) is 7.19. The summed E-state index contributed by atoms with van der Waals surface area (Å²) < 4.78 is 0. The lowest BCUT2D eigenvalue weighted by Crippen LogP contribution is -2.63. The quantitative estimate of drug-likeness (QED) is 0.701. The standard InChI is InChI=1S/C20H33NO3.C2H6/c1-4-20(24)10-11(22)5-8-19(20,3)14-6-7-18(2)15(16(14)21)12-9-13(12)17(18)23;1-2/h12-17,23-24H,4-10,21H2,1-3H3;1-2H3/t12-,13+,14?,15?,16?,17?,18?,19?,20?;/m1./s1. The Kier molecular flexibility index (Phi) is 5.12. The van der Waals surface area contributed by atoms with Gasteiger partial charge in [-0.25, -0.2) is 0 Å². The maximum Gasteiger partial charge on any atom is 0.135 e. The van der Waals surface area contributed by atoms with Gasteiger partial charge in [-0.15, -0.1) is 0 Å². The number of rotatable bonds is 2. The third-order valence-electron chi connectivity index (χ3n) is 8.95. The van der Waals surface area contributed by atoms with Crippen LogP contribution in [0.25, 0.3) is 0 Å². The van der Waals surface area contributed by atoms with E-state index in [-0.39, 0.29) is 41.1 Å². The molecule has 0 bridgehead atoms. The molecule has 0 aromatic heterocycles. The number of carbonyl (C=O) groups is 1. The molecule has 0 saturated heterocycles. The minimum atomic E-state index is -0.932. The molecule has 9 atom stereocenters. The van der Waals surface area contributed by atoms with E-state index >= 15 is 0 Å². The summed E-state index contributed by atoms with van der Waals surface area (Å²) in [7, 11) is 0. The molecule has 0 radical (unpaired) electrons. The maximum absolute atomic E-state index is 12.0. The lowest BCUT2D eigenvalue weighted by Gasteiger charge is -2.58. The Morgan fingerprint density at radius 2 is 1.85 bits per heavy atom. The maximum atomic E-state index is 12.0. The molecular formula is C22H39NO3. The molecule has 0 spiro atoms. The van der Waals surface area contributed by atoms with Gasteiger partial charge in [0.2, 0.25) is 0 Å². The summed E-state index contributed by atoms with van der Waals surface area (Å²) in [5.41, 5.74) is 5.57. The van der Waals surface area contributed by atoms with Crippen molar-refractivity contribution in [3.05, 3.63) is 0 Å². The summed E-state index contributed by atoms with van der Waals surface area (Å²) in [4.78, 5) is 12.0. The number of Topliss-reactive ketones (excluding diaryl/α,β-unsaturated/α-hetero) is 1. The minimum absolute atomic E-state index is 0.0205. The van der Waals surface area contributed by atoms with Gasteiger partial charge in [0, 0.05) is 24.3 Å². The van der Waals surface area contributed by atoms with Gasteiger partial charge >= 0.3 is 0 Å². The SMILES string of the molecule is CC.CCC1(O)CC(=O)CCC1(C)C1CCC2(C)C(O)[C@H]3C[C@H]3C2C1N. The normalized spacial score (nSPS) is 55.5. The number of hydrogen-bond donors (Lipinski definition) is 3. The van der Waals surface area contributed by atoms with Gasteiger partial charge in [-0.05, 0) is 61.2 Å². The van der Waals surface area contributed by atoms with Crippen molar-refractivity contribution in [2.24, 2.45) is 40.2 Å². The van der Waals surface area contributed by atoms with E-state index < -0.39 is 5.60 Å². The second-order valence-corrected chi connectivity index (χ2v) is 9.78. The number of aliphatic hydroxyl groups excluding tert-OH is 1. The van der Waals surface area contributed by atoms with Crippen molar-refractivity contribution in [3.63, 3.8) is 0 Å². The summed E-state index contributed by atoms with van der Waals surface area (Å²) in [5.74, 6) is 1.82. The van der Waals surface area contributed by atoms with E-state index in [2.05, 4.69) is 13.8 Å². The van der Waals surface area contributed by atoms with Gasteiger partial charge < -0.3 is 15.9 Å². The van der Waals surface area contributed by atoms with E-state index in [9.17, 15) is 15.0 Å². The number of nitrogens with two attached hydrogens (primary N) is 1. The molecule has 0 aliphatic heterocycles. The Bertz CT molecular complexity index is 566. The van der Waals surface area contributed by atoms with Gasteiger partial charge in [-0.2, -0.15) is 0 Å². The van der Waals surface area contributed by atoms with Crippen LogP contribution in [0.15, 0.2) is 0 Å². The summed E-state index contributed by atoms with van der Waals surface area (Å²) in [6.07, 6.45) is 5.06. The highest BCUT2D eigenvalue weighted by Gasteiger charge is 2.70. The van der Waals surface area contributed by atoms with Crippen molar-refractivity contribution >= 4 is 5.78 Å². The molecule has 4 N–H and O–H groups in total. The zero-order chi connectivity index (χ0) is 19.5. The molecule has 0 aromatic carbocycles. The van der Waals surface area contributed by atoms with Crippen LogP contribution in [-0.4, -0.2) is 33.7 Å². The number of fused-ring (bicyclic) bond motifs is 3. The topological polar surface area (TPSA) is 83.5 Å². The van der Waals surface area contributed by atoms with E-state index in [0.717, 1.165) is 25.7 Å². The first-order chi connectivity index (χ1) is 12.2. The fraction of sp³-hybridized carbons (Fsp3) is 0.955. The van der Waals surface area contributed by atoms with Crippen LogP contribution >= 0.6 is 0 Å². The Balaban J connectivity index is 0.000000948. The van der Waals surface area contributed by atoms with Gasteiger partial charge in [-0.3, -0.25) is 4.79 Å². The first kappa shape index (κ1) is 20.3. The van der Waals surface area contributed by atoms with Crippen LogP contribution in [0, 0.1) is 34.5 Å². The Labute approximate surface area is 158 Å². The van der Waals surface area contributed by atoms with E-state index in [4.69, 9.17) is 5.73 Å². The predicted molar refractivity (Wildman–Crippen MR) is 103 cm³/mol. The van der Waals surface area contributed by atoms with Crippen LogP contribution in [0.1, 0.15) is 79.6 Å². The molecule has 4 heteroatoms. The van der Waals surface area contributed by atoms with Crippen LogP contribution < -0.4 is 5.73 Å². The average molecular weight is 366 g/mol. The lowest BCUT2D eigenvalue weighted by molar-refractivity contribution is -0.171. The number of hydrogen-bond acceptors (Lipinski definition) is 4. The van der Waals surface area contributed by atoms with Crippen LogP contribution in [0.5, 0.6) is 0 Å². The largest absolute Gasteiger partial charge is 0.392 e. The molecule has 4 aliphatic rings. The summed E-state index contributed by atoms with van der Waals surface area (Å²) in [6, 6.07) is 0.0205. The molecule has 4 aliphatic carbocycles. The van der Waals surface area contributed by atoms with Crippen molar-refractivity contribution in [3.8, 4) is 0 Å². The molecule has 0 heterocycles. The molecule has 7 unspecified atom stereocenters. The third-order valence-corrected chi connectivity index (χ3v) is 8.95. The first-order valence-electron chi connectivity index (χ1n) is 10.9. The minimum Gasteiger partial charge on any atom is -0.392 e. The van der Waals surface area contributed by atoms with Gasteiger partial charge in [-0.1, -0.05) is 34.6 Å². The van der Waals surface area contributed by atoms with Crippen molar-refractivity contribution < 1.29 is 15.0 Å². The highest BCUT2D eigenvalue weighted by Crippen LogP contribution is 2.70. The molecule has 4 nitrogen and oxygen atoms in total. The zero-order valence-corrected chi connectivity index (χ0v) is 17.3. The highest BCUT2D eigenvalue weighted by atomic mass is 16.3. The fourth-order valence-corrected chi connectivity index (χ4v) is 7.19. The Hall–Kier alpha value is -0.450. The molecular weight excluding hydrogens is 326 g/mol. The second-order valence-electron chi connectivity index (χ2n) is 9.78. The van der Waals surface area contributed by atoms with E-state index in [1.54, 1.807) is 0 Å². The number of aliphatic hydroxyl groups is 2. The molecule has 150 valence electrons. The molecule has 26 heavy (non-hydrogen) atoms. The molecule has 0 amide bonds. The first-order valence-corrected chi connectivity index (χ1v) is 10.9.